The zero-order valence-corrected chi connectivity index (χ0v) is 24.2. The SMILES string of the molecule is COc1cc(/C=C/C(=O)OC[C@H]2O[C@@H](Oc3c(-c4cc(O)c(O)c(O)c4)oc4cc(O)cc(O)c4c3=O)[C@H](O)[C@@H](O)[C@H]2O)ccc1O. The highest BCUT2D eigenvalue weighted by Crippen LogP contribution is 2.43. The van der Waals surface area contributed by atoms with Crippen LogP contribution in [0.3, 0.4) is 0 Å². The second-order valence-corrected chi connectivity index (χ2v) is 10.3. The van der Waals surface area contributed by atoms with E-state index in [9.17, 15) is 55.5 Å². The highest BCUT2D eigenvalue weighted by Gasteiger charge is 2.46. The third kappa shape index (κ3) is 6.52. The number of carbonyl (C=O) groups excluding carboxylic acids is 1. The van der Waals surface area contributed by atoms with Crippen LogP contribution < -0.4 is 14.9 Å². The van der Waals surface area contributed by atoms with Gasteiger partial charge in [0.05, 0.1) is 7.11 Å². The summed E-state index contributed by atoms with van der Waals surface area (Å²) in [4.78, 5) is 26.0. The van der Waals surface area contributed by atoms with E-state index in [-0.39, 0.29) is 22.6 Å². The Morgan fingerprint density at radius 2 is 1.57 bits per heavy atom. The molecule has 1 aliphatic rings. The largest absolute Gasteiger partial charge is 0.508 e. The molecule has 0 aliphatic carbocycles. The normalized spacial score (nSPS) is 21.1. The molecular weight excluding hydrogens is 628 g/mol. The van der Waals surface area contributed by atoms with Crippen LogP contribution >= 0.6 is 0 Å². The molecule has 3 aromatic carbocycles. The van der Waals surface area contributed by atoms with Gasteiger partial charge in [-0.2, -0.15) is 0 Å². The van der Waals surface area contributed by atoms with Gasteiger partial charge in [-0.25, -0.2) is 4.79 Å². The number of ether oxygens (including phenoxy) is 4. The Balaban J connectivity index is 1.43. The minimum Gasteiger partial charge on any atom is -0.508 e. The summed E-state index contributed by atoms with van der Waals surface area (Å²) in [5.74, 6) is -5.99. The first-order valence-electron chi connectivity index (χ1n) is 13.6. The lowest BCUT2D eigenvalue weighted by molar-refractivity contribution is -0.278. The number of carbonyl (C=O) groups is 1. The Bertz CT molecular complexity index is 1890. The molecule has 0 amide bonds. The predicted octanol–water partition coefficient (Wildman–Crippen LogP) is 1.15. The zero-order chi connectivity index (χ0) is 34.2. The third-order valence-corrected chi connectivity index (χ3v) is 7.16. The van der Waals surface area contributed by atoms with Gasteiger partial charge in [-0.3, -0.25) is 4.79 Å². The molecule has 0 spiro atoms. The Labute approximate surface area is 263 Å². The molecule has 1 aromatic heterocycles. The molecule has 0 saturated carbocycles. The van der Waals surface area contributed by atoms with Gasteiger partial charge < -0.3 is 69.3 Å². The van der Waals surface area contributed by atoms with Gasteiger partial charge in [0.2, 0.25) is 17.5 Å². The first-order valence-corrected chi connectivity index (χ1v) is 13.6. The van der Waals surface area contributed by atoms with Crippen LogP contribution in [-0.4, -0.2) is 96.4 Å². The molecule has 16 nitrogen and oxygen atoms in total. The average Bonchev–Trinajstić information content (AvgIpc) is 3.03. The number of hydrogen-bond acceptors (Lipinski definition) is 16. The summed E-state index contributed by atoms with van der Waals surface area (Å²) >= 11 is 0. The van der Waals surface area contributed by atoms with Crippen molar-refractivity contribution in [3.8, 4) is 57.3 Å². The van der Waals surface area contributed by atoms with E-state index in [1.807, 2.05) is 0 Å². The zero-order valence-electron chi connectivity index (χ0n) is 24.2. The standard InChI is InChI=1S/C31H28O16/c1-43-19-6-12(2-4-15(19)33)3-5-22(37)44-11-21-25(39)27(41)28(42)31(46-21)47-30-26(40)23-16(34)9-14(32)10-20(23)45-29(30)13-7-17(35)24(38)18(36)8-13/h2-10,21,25,27-28,31-36,38-39,41-42H,11H2,1H3/b5-3+/t21-,25+,27+,28-,31+/m1/s1. The van der Waals surface area contributed by atoms with E-state index in [0.717, 1.165) is 30.3 Å². The summed E-state index contributed by atoms with van der Waals surface area (Å²) in [6.07, 6.45) is -6.88. The molecule has 4 aromatic rings. The Kier molecular flexibility index (Phi) is 9.03. The average molecular weight is 657 g/mol. The van der Waals surface area contributed by atoms with Crippen molar-refractivity contribution in [3.63, 3.8) is 0 Å². The molecule has 1 saturated heterocycles. The van der Waals surface area contributed by atoms with Crippen molar-refractivity contribution in [3.05, 3.63) is 64.3 Å². The predicted molar refractivity (Wildman–Crippen MR) is 158 cm³/mol. The number of rotatable bonds is 8. The highest BCUT2D eigenvalue weighted by atomic mass is 16.7. The van der Waals surface area contributed by atoms with Crippen LogP contribution in [-0.2, 0) is 14.3 Å². The molecule has 9 N–H and O–H groups in total. The van der Waals surface area contributed by atoms with E-state index in [1.165, 1.54) is 31.4 Å². The first-order chi connectivity index (χ1) is 22.3. The van der Waals surface area contributed by atoms with Crippen LogP contribution in [0.25, 0.3) is 28.4 Å². The van der Waals surface area contributed by atoms with Crippen molar-refractivity contribution >= 4 is 23.0 Å². The van der Waals surface area contributed by atoms with E-state index in [2.05, 4.69) is 0 Å². The number of hydrogen-bond donors (Lipinski definition) is 9. The van der Waals surface area contributed by atoms with Crippen LogP contribution in [0.4, 0.5) is 0 Å². The summed E-state index contributed by atoms with van der Waals surface area (Å²) in [6, 6.07) is 7.88. The van der Waals surface area contributed by atoms with Gasteiger partial charge in [0.1, 0.15) is 53.5 Å². The van der Waals surface area contributed by atoms with Crippen LogP contribution in [0.1, 0.15) is 5.56 Å². The molecule has 0 unspecified atom stereocenters. The number of phenols is 6. The van der Waals surface area contributed by atoms with Crippen molar-refractivity contribution in [1.29, 1.82) is 0 Å². The molecule has 2 heterocycles. The van der Waals surface area contributed by atoms with Crippen LogP contribution in [0, 0.1) is 0 Å². The van der Waals surface area contributed by atoms with Gasteiger partial charge in [0.15, 0.2) is 34.5 Å². The number of methoxy groups -OCH3 is 1. The van der Waals surface area contributed by atoms with E-state index < -0.39 is 94.4 Å². The quantitative estimate of drug-likeness (QED) is 0.0731. The molecule has 5 rings (SSSR count). The maximum Gasteiger partial charge on any atom is 0.330 e. The van der Waals surface area contributed by atoms with Gasteiger partial charge in [-0.1, -0.05) is 6.07 Å². The van der Waals surface area contributed by atoms with E-state index in [0.29, 0.717) is 5.56 Å². The lowest BCUT2D eigenvalue weighted by atomic mass is 9.99. The summed E-state index contributed by atoms with van der Waals surface area (Å²) < 4.78 is 27.0. The van der Waals surface area contributed by atoms with E-state index >= 15 is 0 Å². The molecule has 1 aliphatic heterocycles. The second kappa shape index (κ2) is 13.0. The molecule has 1 fully saturated rings. The monoisotopic (exact) mass is 656 g/mol. The lowest BCUT2D eigenvalue weighted by Gasteiger charge is -2.39. The van der Waals surface area contributed by atoms with E-state index in [1.54, 1.807) is 0 Å². The van der Waals surface area contributed by atoms with Crippen LogP contribution in [0.15, 0.2) is 57.8 Å². The van der Waals surface area contributed by atoms with Crippen molar-refractivity contribution in [2.45, 2.75) is 30.7 Å². The summed E-state index contributed by atoms with van der Waals surface area (Å²) in [5, 5.41) is 91.2. The van der Waals surface area contributed by atoms with E-state index in [4.69, 9.17) is 23.4 Å². The van der Waals surface area contributed by atoms with Gasteiger partial charge in [-0.15, -0.1) is 0 Å². The van der Waals surface area contributed by atoms with Crippen molar-refractivity contribution in [1.82, 2.24) is 0 Å². The van der Waals surface area contributed by atoms with Crippen molar-refractivity contribution in [2.75, 3.05) is 13.7 Å². The fourth-order valence-electron chi connectivity index (χ4n) is 4.74. The maximum atomic E-state index is 13.6. The van der Waals surface area contributed by atoms with Crippen molar-refractivity contribution < 1.29 is 74.1 Å². The lowest BCUT2D eigenvalue weighted by Crippen LogP contribution is -2.60. The smallest absolute Gasteiger partial charge is 0.330 e. The molecule has 5 atom stereocenters. The number of esters is 1. The second-order valence-electron chi connectivity index (χ2n) is 10.3. The maximum absolute atomic E-state index is 13.6. The Morgan fingerprint density at radius 1 is 0.872 bits per heavy atom. The molecular formula is C31H28O16. The van der Waals surface area contributed by atoms with Gasteiger partial charge in [0, 0.05) is 23.8 Å². The minimum atomic E-state index is -2.01. The Hall–Kier alpha value is -5.68. The number of aromatic hydroxyl groups is 6. The highest BCUT2D eigenvalue weighted by molar-refractivity contribution is 5.89. The summed E-state index contributed by atoms with van der Waals surface area (Å²) in [6.45, 7) is -0.675. The molecule has 16 heteroatoms. The number of fused-ring (bicyclic) bond motifs is 1. The number of aliphatic hydroxyl groups excluding tert-OH is 3. The topological polar surface area (TPSA) is 266 Å². The number of aliphatic hydroxyl groups is 3. The van der Waals surface area contributed by atoms with Crippen LogP contribution in [0.2, 0.25) is 0 Å². The van der Waals surface area contributed by atoms with Crippen molar-refractivity contribution in [2.24, 2.45) is 0 Å². The Morgan fingerprint density at radius 3 is 2.26 bits per heavy atom. The van der Waals surface area contributed by atoms with Gasteiger partial charge in [-0.05, 0) is 35.9 Å². The fraction of sp³-hybridized carbons (Fsp3) is 0.226. The first kappa shape index (κ1) is 32.7. The summed E-state index contributed by atoms with van der Waals surface area (Å²) in [7, 11) is 1.35. The summed E-state index contributed by atoms with van der Waals surface area (Å²) in [5.41, 5.74) is -1.25. The minimum absolute atomic E-state index is 0.114. The molecule has 248 valence electrons. The molecule has 0 bridgehead atoms. The molecule has 0 radical (unpaired) electrons. The number of benzene rings is 3. The number of phenolic OH excluding ortho intramolecular Hbond substituents is 6. The van der Waals surface area contributed by atoms with Gasteiger partial charge in [0.25, 0.3) is 0 Å². The molecule has 47 heavy (non-hydrogen) atoms. The van der Waals surface area contributed by atoms with Gasteiger partial charge >= 0.3 is 5.97 Å². The fourth-order valence-corrected chi connectivity index (χ4v) is 4.74. The van der Waals surface area contributed by atoms with Crippen LogP contribution in [0.5, 0.6) is 46.0 Å². The third-order valence-electron chi connectivity index (χ3n) is 7.16.